The van der Waals surface area contributed by atoms with E-state index in [9.17, 15) is 4.79 Å². The van der Waals surface area contributed by atoms with Gasteiger partial charge in [0.25, 0.3) is 0 Å². The molecule has 0 saturated carbocycles. The van der Waals surface area contributed by atoms with E-state index in [1.807, 2.05) is 6.92 Å². The standard InChI is InChI=1S/C10H17ClO/c1-3-5-6-7-9(11)8-10(12)4-2/h8H,3-7H2,1-2H3/b9-8+. The van der Waals surface area contributed by atoms with Crippen molar-refractivity contribution in [3.8, 4) is 0 Å². The minimum atomic E-state index is 0.122. The van der Waals surface area contributed by atoms with Gasteiger partial charge in [0.1, 0.15) is 0 Å². The molecule has 0 radical (unpaired) electrons. The molecule has 0 fully saturated rings. The molecular formula is C10H17ClO. The molecule has 0 saturated heterocycles. The maximum Gasteiger partial charge on any atom is 0.156 e. The lowest BCUT2D eigenvalue weighted by Gasteiger charge is -1.96. The van der Waals surface area contributed by atoms with Crippen molar-refractivity contribution >= 4 is 17.4 Å². The molecule has 1 nitrogen and oxygen atoms in total. The number of unbranched alkanes of at least 4 members (excludes halogenated alkanes) is 2. The molecule has 0 aliphatic rings. The number of rotatable bonds is 6. The number of ketones is 1. The third-order valence-electron chi connectivity index (χ3n) is 1.69. The Kier molecular flexibility index (Phi) is 7.17. The lowest BCUT2D eigenvalue weighted by atomic mass is 10.2. The molecular weight excluding hydrogens is 172 g/mol. The summed E-state index contributed by atoms with van der Waals surface area (Å²) < 4.78 is 0. The largest absolute Gasteiger partial charge is 0.295 e. The highest BCUT2D eigenvalue weighted by molar-refractivity contribution is 6.31. The van der Waals surface area contributed by atoms with Crippen LogP contribution in [-0.2, 0) is 4.79 Å². The van der Waals surface area contributed by atoms with Crippen LogP contribution in [0.5, 0.6) is 0 Å². The van der Waals surface area contributed by atoms with Crippen LogP contribution in [0.4, 0.5) is 0 Å². The fourth-order valence-corrected chi connectivity index (χ4v) is 1.15. The van der Waals surface area contributed by atoms with Crippen molar-refractivity contribution < 1.29 is 4.79 Å². The van der Waals surface area contributed by atoms with Crippen LogP contribution in [0.15, 0.2) is 11.1 Å². The van der Waals surface area contributed by atoms with Crippen molar-refractivity contribution in [1.29, 1.82) is 0 Å². The summed E-state index contributed by atoms with van der Waals surface area (Å²) in [5.74, 6) is 0.122. The molecule has 0 bridgehead atoms. The average molecular weight is 189 g/mol. The molecule has 0 unspecified atom stereocenters. The van der Waals surface area contributed by atoms with Crippen LogP contribution < -0.4 is 0 Å². The average Bonchev–Trinajstić information content (AvgIpc) is 2.05. The van der Waals surface area contributed by atoms with E-state index >= 15 is 0 Å². The first kappa shape index (κ1) is 11.7. The third kappa shape index (κ3) is 6.41. The summed E-state index contributed by atoms with van der Waals surface area (Å²) >= 11 is 5.83. The van der Waals surface area contributed by atoms with Crippen molar-refractivity contribution in [2.75, 3.05) is 0 Å². The number of allylic oxidation sites excluding steroid dienone is 2. The Bertz CT molecular complexity index is 161. The number of hydrogen-bond donors (Lipinski definition) is 0. The van der Waals surface area contributed by atoms with Crippen molar-refractivity contribution in [3.63, 3.8) is 0 Å². The summed E-state index contributed by atoms with van der Waals surface area (Å²) in [4.78, 5) is 10.9. The van der Waals surface area contributed by atoms with Crippen molar-refractivity contribution in [2.45, 2.75) is 46.0 Å². The number of halogens is 1. The summed E-state index contributed by atoms with van der Waals surface area (Å²) in [7, 11) is 0. The fourth-order valence-electron chi connectivity index (χ4n) is 0.893. The van der Waals surface area contributed by atoms with Gasteiger partial charge >= 0.3 is 0 Å². The zero-order valence-electron chi connectivity index (χ0n) is 7.90. The van der Waals surface area contributed by atoms with E-state index in [1.165, 1.54) is 12.8 Å². The predicted molar refractivity (Wildman–Crippen MR) is 53.4 cm³/mol. The Hall–Kier alpha value is -0.300. The quantitative estimate of drug-likeness (QED) is 0.459. The summed E-state index contributed by atoms with van der Waals surface area (Å²) in [6.07, 6.45) is 6.40. The smallest absolute Gasteiger partial charge is 0.156 e. The van der Waals surface area contributed by atoms with E-state index in [1.54, 1.807) is 6.08 Å². The molecule has 0 heterocycles. The van der Waals surface area contributed by atoms with Crippen LogP contribution in [-0.4, -0.2) is 5.78 Å². The zero-order valence-corrected chi connectivity index (χ0v) is 8.66. The summed E-state index contributed by atoms with van der Waals surface area (Å²) in [5, 5.41) is 0.704. The SMILES string of the molecule is CCCCC/C(Cl)=C\C(=O)CC. The molecule has 12 heavy (non-hydrogen) atoms. The summed E-state index contributed by atoms with van der Waals surface area (Å²) in [6.45, 7) is 3.99. The molecule has 2 heteroatoms. The molecule has 70 valence electrons. The summed E-state index contributed by atoms with van der Waals surface area (Å²) in [5.41, 5.74) is 0. The van der Waals surface area contributed by atoms with Gasteiger partial charge in [-0.2, -0.15) is 0 Å². The monoisotopic (exact) mass is 188 g/mol. The molecule has 0 aromatic heterocycles. The highest BCUT2D eigenvalue weighted by Crippen LogP contribution is 2.12. The minimum Gasteiger partial charge on any atom is -0.295 e. The van der Waals surface area contributed by atoms with Crippen LogP contribution >= 0.6 is 11.6 Å². The molecule has 0 N–H and O–H groups in total. The Balaban J connectivity index is 3.62. The predicted octanol–water partition coefficient (Wildman–Crippen LogP) is 3.67. The van der Waals surface area contributed by atoms with Crippen LogP contribution in [0.3, 0.4) is 0 Å². The van der Waals surface area contributed by atoms with Crippen LogP contribution in [0.2, 0.25) is 0 Å². The fraction of sp³-hybridized carbons (Fsp3) is 0.700. The van der Waals surface area contributed by atoms with Crippen LogP contribution in [0.1, 0.15) is 46.0 Å². The van der Waals surface area contributed by atoms with Gasteiger partial charge in [0, 0.05) is 11.5 Å². The Morgan fingerprint density at radius 1 is 1.33 bits per heavy atom. The molecule has 0 rings (SSSR count). The molecule has 0 aromatic rings. The maximum atomic E-state index is 10.9. The first-order chi connectivity index (χ1) is 5.70. The topological polar surface area (TPSA) is 17.1 Å². The van der Waals surface area contributed by atoms with Gasteiger partial charge in [-0.15, -0.1) is 0 Å². The zero-order chi connectivity index (χ0) is 9.40. The van der Waals surface area contributed by atoms with Gasteiger partial charge in [0.2, 0.25) is 0 Å². The van der Waals surface area contributed by atoms with E-state index in [2.05, 4.69) is 6.92 Å². The second kappa shape index (κ2) is 7.35. The van der Waals surface area contributed by atoms with Gasteiger partial charge in [-0.25, -0.2) is 0 Å². The first-order valence-corrected chi connectivity index (χ1v) is 4.97. The highest BCUT2D eigenvalue weighted by atomic mass is 35.5. The first-order valence-electron chi connectivity index (χ1n) is 4.59. The van der Waals surface area contributed by atoms with E-state index in [-0.39, 0.29) is 5.78 Å². The number of hydrogen-bond acceptors (Lipinski definition) is 1. The Morgan fingerprint density at radius 2 is 2.00 bits per heavy atom. The molecule has 0 aliphatic carbocycles. The van der Waals surface area contributed by atoms with Gasteiger partial charge in [-0.05, 0) is 18.9 Å². The maximum absolute atomic E-state index is 10.9. The number of carbonyl (C=O) groups is 1. The van der Waals surface area contributed by atoms with Crippen LogP contribution in [0.25, 0.3) is 0 Å². The van der Waals surface area contributed by atoms with E-state index in [4.69, 9.17) is 11.6 Å². The molecule has 0 amide bonds. The highest BCUT2D eigenvalue weighted by Gasteiger charge is 1.96. The van der Waals surface area contributed by atoms with Crippen molar-refractivity contribution in [1.82, 2.24) is 0 Å². The van der Waals surface area contributed by atoms with E-state index < -0.39 is 0 Å². The molecule has 0 aliphatic heterocycles. The van der Waals surface area contributed by atoms with Gasteiger partial charge in [-0.3, -0.25) is 4.79 Å². The Morgan fingerprint density at radius 3 is 2.50 bits per heavy atom. The minimum absolute atomic E-state index is 0.122. The molecule has 0 spiro atoms. The number of carbonyl (C=O) groups excluding carboxylic acids is 1. The van der Waals surface area contributed by atoms with Gasteiger partial charge in [0.15, 0.2) is 5.78 Å². The second-order valence-electron chi connectivity index (χ2n) is 2.87. The van der Waals surface area contributed by atoms with E-state index in [0.29, 0.717) is 11.5 Å². The van der Waals surface area contributed by atoms with Gasteiger partial charge in [-0.1, -0.05) is 38.3 Å². The Labute approximate surface area is 79.8 Å². The van der Waals surface area contributed by atoms with Crippen molar-refractivity contribution in [2.24, 2.45) is 0 Å². The lowest BCUT2D eigenvalue weighted by Crippen LogP contribution is -1.89. The van der Waals surface area contributed by atoms with Crippen molar-refractivity contribution in [3.05, 3.63) is 11.1 Å². The van der Waals surface area contributed by atoms with Crippen LogP contribution in [0, 0.1) is 0 Å². The van der Waals surface area contributed by atoms with E-state index in [0.717, 1.165) is 12.8 Å². The normalized spacial score (nSPS) is 11.8. The second-order valence-corrected chi connectivity index (χ2v) is 3.35. The third-order valence-corrected chi connectivity index (χ3v) is 1.98. The summed E-state index contributed by atoms with van der Waals surface area (Å²) in [6, 6.07) is 0. The van der Waals surface area contributed by atoms with Gasteiger partial charge in [0.05, 0.1) is 0 Å². The molecule has 0 aromatic carbocycles. The molecule has 0 atom stereocenters. The lowest BCUT2D eigenvalue weighted by molar-refractivity contribution is -0.114. The van der Waals surface area contributed by atoms with Gasteiger partial charge < -0.3 is 0 Å².